The van der Waals surface area contributed by atoms with Gasteiger partial charge >= 0.3 is 29.6 Å². The molecule has 2 rings (SSSR count). The van der Waals surface area contributed by atoms with Gasteiger partial charge in [-0.25, -0.2) is 9.89 Å². The van der Waals surface area contributed by atoms with E-state index in [2.05, 4.69) is 5.10 Å². The molecule has 14 nitrogen and oxygen atoms in total. The molecule has 1 aliphatic rings. The summed E-state index contributed by atoms with van der Waals surface area (Å²) in [7, 11) is 0. The molecule has 32 heavy (non-hydrogen) atoms. The smallest absolute Gasteiger partial charge is 0.342 e. The predicted octanol–water partition coefficient (Wildman–Crippen LogP) is -1.37. The molecule has 1 aliphatic heterocycles. The molecule has 5 atom stereocenters. The van der Waals surface area contributed by atoms with Gasteiger partial charge in [0.25, 0.3) is 5.56 Å². The van der Waals surface area contributed by atoms with Gasteiger partial charge in [-0.05, 0) is 0 Å². The number of ether oxygens (including phenoxy) is 5. The molecule has 0 radical (unpaired) electrons. The van der Waals surface area contributed by atoms with Crippen molar-refractivity contribution in [3.05, 3.63) is 20.8 Å². The number of nitrogens with one attached hydrogen (secondary N) is 2. The zero-order chi connectivity index (χ0) is 24.0. The van der Waals surface area contributed by atoms with Crippen LogP contribution in [0.4, 0.5) is 0 Å². The quantitative estimate of drug-likeness (QED) is 0.347. The summed E-state index contributed by atoms with van der Waals surface area (Å²) in [6, 6.07) is 0. The monoisotopic (exact) mass is 475 g/mol. The Kier molecular flexibility index (Phi) is 8.54. The second-order valence-corrected chi connectivity index (χ2v) is 7.58. The van der Waals surface area contributed by atoms with Gasteiger partial charge in [-0.3, -0.25) is 29.0 Å². The van der Waals surface area contributed by atoms with E-state index in [1.54, 1.807) is 0 Å². The number of H-pyrrole nitrogens is 2. The van der Waals surface area contributed by atoms with Crippen molar-refractivity contribution < 1.29 is 42.9 Å². The van der Waals surface area contributed by atoms with E-state index in [1.165, 1.54) is 0 Å². The largest absolute Gasteiger partial charge is 0.463 e. The molecule has 0 aromatic carbocycles. The van der Waals surface area contributed by atoms with E-state index in [1.807, 2.05) is 10.1 Å². The molecule has 176 valence electrons. The van der Waals surface area contributed by atoms with Crippen molar-refractivity contribution >= 4 is 35.6 Å². The number of carbonyl (C=O) groups excluding carboxylic acids is 4. The molecule has 0 amide bonds. The summed E-state index contributed by atoms with van der Waals surface area (Å²) in [4.78, 5) is 71.7. The fourth-order valence-corrected chi connectivity index (χ4v) is 3.83. The highest BCUT2D eigenvalue weighted by molar-refractivity contribution is 7.99. The Bertz CT molecular complexity index is 990. The maximum atomic E-state index is 12.1. The maximum absolute atomic E-state index is 12.1. The van der Waals surface area contributed by atoms with Crippen LogP contribution in [0, 0.1) is 0 Å². The number of carbonyl (C=O) groups is 4. The van der Waals surface area contributed by atoms with Crippen molar-refractivity contribution in [1.82, 2.24) is 15.2 Å². The number of esters is 4. The Morgan fingerprint density at radius 2 is 1.47 bits per heavy atom. The lowest BCUT2D eigenvalue weighted by Crippen LogP contribution is -2.61. The first-order chi connectivity index (χ1) is 15.0. The maximum Gasteiger partial charge on any atom is 0.342 e. The fourth-order valence-electron chi connectivity index (χ4n) is 2.81. The van der Waals surface area contributed by atoms with Gasteiger partial charge in [0.15, 0.2) is 28.8 Å². The number of aromatic amines is 2. The first-order valence-electron chi connectivity index (χ1n) is 9.14. The van der Waals surface area contributed by atoms with Gasteiger partial charge in [-0.1, -0.05) is 11.8 Å². The predicted molar refractivity (Wildman–Crippen MR) is 103 cm³/mol. The van der Waals surface area contributed by atoms with Crippen molar-refractivity contribution in [2.24, 2.45) is 0 Å². The SMILES string of the molecule is CC(=O)OC[C@H]1O[C@@H](Sc2n[nH]c(=O)[nH]c2=O)[C@@H](OC(C)=O)[C@@H](OC(C)=O)[C@H]1OC(C)=O. The first-order valence-corrected chi connectivity index (χ1v) is 10.0. The number of hydrogen-bond acceptors (Lipinski definition) is 13. The lowest BCUT2D eigenvalue weighted by atomic mass is 9.99. The average Bonchev–Trinajstić information content (AvgIpc) is 2.65. The molecule has 2 heterocycles. The minimum absolute atomic E-state index is 0.259. The Balaban J connectivity index is 2.49. The Morgan fingerprint density at radius 3 is 2.00 bits per heavy atom. The number of aromatic nitrogens is 3. The van der Waals surface area contributed by atoms with Crippen molar-refractivity contribution in [3.63, 3.8) is 0 Å². The summed E-state index contributed by atoms with van der Waals surface area (Å²) in [6.45, 7) is 4.00. The fraction of sp³-hybridized carbons (Fsp3) is 0.588. The van der Waals surface area contributed by atoms with Crippen LogP contribution in [-0.4, -0.2) is 75.5 Å². The second-order valence-electron chi connectivity index (χ2n) is 6.50. The highest BCUT2D eigenvalue weighted by Gasteiger charge is 2.52. The topological polar surface area (TPSA) is 193 Å². The summed E-state index contributed by atoms with van der Waals surface area (Å²) in [5, 5.41) is 5.41. The molecule has 1 aromatic rings. The van der Waals surface area contributed by atoms with E-state index in [9.17, 15) is 28.8 Å². The molecule has 0 unspecified atom stereocenters. The van der Waals surface area contributed by atoms with Crippen LogP contribution in [-0.2, 0) is 42.9 Å². The van der Waals surface area contributed by atoms with Crippen LogP contribution < -0.4 is 11.2 Å². The number of rotatable bonds is 7. The van der Waals surface area contributed by atoms with Crippen LogP contribution >= 0.6 is 11.8 Å². The van der Waals surface area contributed by atoms with Crippen LogP contribution in [0.25, 0.3) is 0 Å². The van der Waals surface area contributed by atoms with E-state index in [-0.39, 0.29) is 5.03 Å². The van der Waals surface area contributed by atoms with E-state index in [4.69, 9.17) is 23.7 Å². The van der Waals surface area contributed by atoms with Crippen LogP contribution in [0.2, 0.25) is 0 Å². The van der Waals surface area contributed by atoms with Crippen molar-refractivity contribution in [2.75, 3.05) is 6.61 Å². The van der Waals surface area contributed by atoms with Crippen LogP contribution in [0.15, 0.2) is 14.6 Å². The summed E-state index contributed by atoms with van der Waals surface area (Å²) in [5.41, 5.74) is -2.94. The number of thioether (sulfide) groups is 1. The zero-order valence-corrected chi connectivity index (χ0v) is 18.3. The molecule has 0 aliphatic carbocycles. The molecular formula is C17H21N3O11S. The molecule has 0 saturated carbocycles. The third-order valence-electron chi connectivity index (χ3n) is 3.86. The standard InChI is InChI=1S/C17H21N3O11S/c1-6(21)27-5-10-11(28-7(2)22)12(29-8(3)23)13(30-9(4)24)16(31-10)32-15-14(25)18-17(26)20-19-15/h10-13,16H,5H2,1-4H3,(H2,18,20,25,26)/t10-,11+,12+,13+,16+/m1/s1. The van der Waals surface area contributed by atoms with Crippen molar-refractivity contribution in [1.29, 1.82) is 0 Å². The number of nitrogens with zero attached hydrogens (tertiary/aromatic N) is 1. The number of hydrogen-bond donors (Lipinski definition) is 2. The highest BCUT2D eigenvalue weighted by Crippen LogP contribution is 2.36. The molecule has 2 N–H and O–H groups in total. The summed E-state index contributed by atoms with van der Waals surface area (Å²) in [5.74, 6) is -3.01. The normalized spacial score (nSPS) is 24.8. The molecule has 0 spiro atoms. The first kappa shape index (κ1) is 25.1. The van der Waals surface area contributed by atoms with Gasteiger partial charge < -0.3 is 23.7 Å². The highest BCUT2D eigenvalue weighted by atomic mass is 32.2. The third-order valence-corrected chi connectivity index (χ3v) is 4.97. The summed E-state index contributed by atoms with van der Waals surface area (Å²) >= 11 is 0.643. The van der Waals surface area contributed by atoms with Crippen LogP contribution in [0.3, 0.4) is 0 Å². The van der Waals surface area contributed by atoms with Crippen LogP contribution in [0.1, 0.15) is 27.7 Å². The van der Waals surface area contributed by atoms with Gasteiger partial charge in [0.05, 0.1) is 0 Å². The van der Waals surface area contributed by atoms with E-state index in [0.29, 0.717) is 11.8 Å². The van der Waals surface area contributed by atoms with Crippen molar-refractivity contribution in [2.45, 2.75) is 62.6 Å². The Morgan fingerprint density at radius 1 is 0.906 bits per heavy atom. The van der Waals surface area contributed by atoms with Gasteiger partial charge in [0.2, 0.25) is 0 Å². The van der Waals surface area contributed by atoms with Gasteiger partial charge in [-0.2, -0.15) is 5.10 Å². The van der Waals surface area contributed by atoms with Crippen molar-refractivity contribution in [3.8, 4) is 0 Å². The minimum Gasteiger partial charge on any atom is -0.463 e. The molecule has 1 aromatic heterocycles. The van der Waals surface area contributed by atoms with Crippen LogP contribution in [0.5, 0.6) is 0 Å². The molecule has 0 bridgehead atoms. The Hall–Kier alpha value is -3.20. The molecule has 1 saturated heterocycles. The Labute approximate surface area is 184 Å². The van der Waals surface area contributed by atoms with Gasteiger partial charge in [-0.15, -0.1) is 0 Å². The minimum atomic E-state index is -1.38. The lowest BCUT2D eigenvalue weighted by molar-refractivity contribution is -0.237. The third kappa shape index (κ3) is 6.91. The zero-order valence-electron chi connectivity index (χ0n) is 17.4. The summed E-state index contributed by atoms with van der Waals surface area (Å²) < 4.78 is 26.6. The average molecular weight is 475 g/mol. The lowest BCUT2D eigenvalue weighted by Gasteiger charge is -2.43. The summed E-state index contributed by atoms with van der Waals surface area (Å²) in [6.07, 6.45) is -5.24. The van der Waals surface area contributed by atoms with E-state index < -0.39 is 71.6 Å². The second kappa shape index (κ2) is 10.9. The van der Waals surface area contributed by atoms with E-state index in [0.717, 1.165) is 27.7 Å². The van der Waals surface area contributed by atoms with Gasteiger partial charge in [0, 0.05) is 27.7 Å². The van der Waals surface area contributed by atoms with E-state index >= 15 is 0 Å². The molecule has 15 heteroatoms. The molecular weight excluding hydrogens is 454 g/mol. The van der Waals surface area contributed by atoms with Gasteiger partial charge in [0.1, 0.15) is 12.7 Å². The molecule has 1 fully saturated rings.